The van der Waals surface area contributed by atoms with E-state index in [0.717, 1.165) is 73.4 Å². The van der Waals surface area contributed by atoms with E-state index in [0.29, 0.717) is 32.7 Å². The second-order valence-electron chi connectivity index (χ2n) is 11.0. The van der Waals surface area contributed by atoms with E-state index in [9.17, 15) is 9.59 Å². The lowest BCUT2D eigenvalue weighted by Crippen LogP contribution is -2.43. The molecular formula is C31H38N6O3. The van der Waals surface area contributed by atoms with Gasteiger partial charge in [0.15, 0.2) is 0 Å². The Bertz CT molecular complexity index is 1340. The fraction of sp³-hybridized carbons (Fsp3) is 0.484. The highest BCUT2D eigenvalue weighted by molar-refractivity contribution is 5.83. The van der Waals surface area contributed by atoms with Crippen molar-refractivity contribution >= 4 is 22.8 Å². The molecule has 0 bridgehead atoms. The Kier molecular flexibility index (Phi) is 7.97. The fourth-order valence-electron chi connectivity index (χ4n) is 6.15. The van der Waals surface area contributed by atoms with E-state index in [1.54, 1.807) is 6.33 Å². The van der Waals surface area contributed by atoms with Gasteiger partial charge in [-0.25, -0.2) is 14.8 Å². The third-order valence-corrected chi connectivity index (χ3v) is 8.43. The first kappa shape index (κ1) is 26.3. The van der Waals surface area contributed by atoms with Gasteiger partial charge in [0, 0.05) is 74.3 Å². The molecule has 1 aliphatic carbocycles. The zero-order valence-electron chi connectivity index (χ0n) is 23.1. The van der Waals surface area contributed by atoms with Crippen LogP contribution in [-0.4, -0.2) is 82.5 Å². The van der Waals surface area contributed by atoms with Crippen LogP contribution in [0.5, 0.6) is 5.75 Å². The molecule has 9 nitrogen and oxygen atoms in total. The van der Waals surface area contributed by atoms with Crippen LogP contribution in [0, 0.1) is 0 Å². The lowest BCUT2D eigenvalue weighted by Gasteiger charge is -2.32. The molecule has 0 saturated carbocycles. The largest absolute Gasteiger partial charge is 0.492 e. The second kappa shape index (κ2) is 12.1. The first-order chi connectivity index (χ1) is 19.6. The molecule has 1 N–H and O–H groups in total. The number of aromatic nitrogens is 2. The summed E-state index contributed by atoms with van der Waals surface area (Å²) >= 11 is 0. The molecule has 210 valence electrons. The van der Waals surface area contributed by atoms with Crippen LogP contribution in [0.4, 0.5) is 4.79 Å². The number of carbonyl (C=O) groups is 2. The van der Waals surface area contributed by atoms with Crippen LogP contribution in [0.2, 0.25) is 0 Å². The van der Waals surface area contributed by atoms with Crippen molar-refractivity contribution in [3.63, 3.8) is 0 Å². The van der Waals surface area contributed by atoms with E-state index in [-0.39, 0.29) is 17.9 Å². The summed E-state index contributed by atoms with van der Waals surface area (Å²) in [7, 11) is 0. The summed E-state index contributed by atoms with van der Waals surface area (Å²) in [6, 6.07) is 5.92. The number of amides is 3. The number of rotatable bonds is 7. The predicted octanol–water partition coefficient (Wildman–Crippen LogP) is 4.34. The van der Waals surface area contributed by atoms with Crippen LogP contribution in [0.25, 0.3) is 10.9 Å². The number of nitrogens with zero attached hydrogens (tertiary/aromatic N) is 5. The SMILES string of the molecule is O=C1CCCN1CCOc1ccc2c(C3CCN(C(=O)NC4=CC=C(N5CCCC5)C=CC4)CC3)ncnc2c1. The smallest absolute Gasteiger partial charge is 0.321 e. The third-order valence-electron chi connectivity index (χ3n) is 8.43. The molecule has 3 saturated heterocycles. The Labute approximate surface area is 235 Å². The van der Waals surface area contributed by atoms with E-state index in [2.05, 4.69) is 44.5 Å². The Morgan fingerprint density at radius 2 is 1.88 bits per heavy atom. The van der Waals surface area contributed by atoms with Crippen LogP contribution in [0.3, 0.4) is 0 Å². The predicted molar refractivity (Wildman–Crippen MR) is 154 cm³/mol. The van der Waals surface area contributed by atoms with Crippen LogP contribution >= 0.6 is 0 Å². The molecule has 0 spiro atoms. The summed E-state index contributed by atoms with van der Waals surface area (Å²) in [6.45, 7) is 5.51. The number of urea groups is 1. The highest BCUT2D eigenvalue weighted by atomic mass is 16.5. The van der Waals surface area contributed by atoms with E-state index < -0.39 is 0 Å². The zero-order chi connectivity index (χ0) is 27.3. The molecule has 3 fully saturated rings. The van der Waals surface area contributed by atoms with Crippen LogP contribution in [-0.2, 0) is 4.79 Å². The van der Waals surface area contributed by atoms with Crippen molar-refractivity contribution in [1.82, 2.24) is 30.0 Å². The van der Waals surface area contributed by atoms with Gasteiger partial charge in [0.2, 0.25) is 5.91 Å². The molecule has 0 atom stereocenters. The number of nitrogens with one attached hydrogen (secondary N) is 1. The molecule has 0 radical (unpaired) electrons. The number of allylic oxidation sites excluding steroid dienone is 4. The van der Waals surface area contributed by atoms with Crippen molar-refractivity contribution < 1.29 is 14.3 Å². The lowest BCUT2D eigenvalue weighted by molar-refractivity contribution is -0.128. The third kappa shape index (κ3) is 5.98. The maximum absolute atomic E-state index is 13.1. The Morgan fingerprint density at radius 1 is 1.02 bits per heavy atom. The van der Waals surface area contributed by atoms with Crippen LogP contribution < -0.4 is 10.1 Å². The molecule has 6 rings (SSSR count). The maximum atomic E-state index is 13.1. The molecule has 4 heterocycles. The molecule has 4 aliphatic rings. The monoisotopic (exact) mass is 542 g/mol. The number of hydrogen-bond donors (Lipinski definition) is 1. The standard InChI is InChI=1S/C31H38N6O3/c38-29-7-4-16-36(29)19-20-40-26-10-11-27-28(21-26)32-22-33-30(27)23-12-17-37(18-13-23)31(39)34-24-5-3-6-25(9-8-24)35-14-1-2-15-35/h3,6,8-11,21-23H,1-2,4-5,7,12-20H2,(H,34,39). The lowest BCUT2D eigenvalue weighted by atomic mass is 9.91. The van der Waals surface area contributed by atoms with Crippen LogP contribution in [0.15, 0.2) is 60.2 Å². The van der Waals surface area contributed by atoms with Gasteiger partial charge in [-0.05, 0) is 62.5 Å². The summed E-state index contributed by atoms with van der Waals surface area (Å²) < 4.78 is 5.93. The molecule has 3 aliphatic heterocycles. The van der Waals surface area contributed by atoms with E-state index in [1.807, 2.05) is 28.0 Å². The summed E-state index contributed by atoms with van der Waals surface area (Å²) in [6.07, 6.45) is 16.6. The normalized spacial score (nSPS) is 20.1. The first-order valence-corrected chi connectivity index (χ1v) is 14.7. The van der Waals surface area contributed by atoms with Crippen molar-refractivity contribution in [2.75, 3.05) is 45.9 Å². The van der Waals surface area contributed by atoms with Gasteiger partial charge in [0.25, 0.3) is 0 Å². The fourth-order valence-corrected chi connectivity index (χ4v) is 6.15. The minimum Gasteiger partial charge on any atom is -0.492 e. The summed E-state index contributed by atoms with van der Waals surface area (Å²) in [4.78, 5) is 40.2. The van der Waals surface area contributed by atoms with E-state index in [4.69, 9.17) is 4.74 Å². The van der Waals surface area contributed by atoms with Crippen molar-refractivity contribution in [2.24, 2.45) is 0 Å². The number of hydrogen-bond acceptors (Lipinski definition) is 6. The van der Waals surface area contributed by atoms with Gasteiger partial charge in [0.05, 0.1) is 17.8 Å². The van der Waals surface area contributed by atoms with Gasteiger partial charge in [-0.3, -0.25) is 4.79 Å². The second-order valence-corrected chi connectivity index (χ2v) is 11.0. The Hall–Kier alpha value is -3.88. The van der Waals surface area contributed by atoms with Crippen molar-refractivity contribution in [2.45, 2.75) is 50.9 Å². The number of piperidine rings is 1. The number of carbonyl (C=O) groups excluding carboxylic acids is 2. The highest BCUT2D eigenvalue weighted by Gasteiger charge is 2.26. The van der Waals surface area contributed by atoms with Gasteiger partial charge < -0.3 is 24.8 Å². The van der Waals surface area contributed by atoms with Gasteiger partial charge >= 0.3 is 6.03 Å². The highest BCUT2D eigenvalue weighted by Crippen LogP contribution is 2.32. The molecule has 1 aromatic carbocycles. The Balaban J connectivity index is 1.03. The molecular weight excluding hydrogens is 504 g/mol. The quantitative estimate of drug-likeness (QED) is 0.560. The average Bonchev–Trinajstić information content (AvgIpc) is 3.61. The molecule has 3 amide bonds. The maximum Gasteiger partial charge on any atom is 0.321 e. The first-order valence-electron chi connectivity index (χ1n) is 14.7. The molecule has 1 aromatic heterocycles. The molecule has 40 heavy (non-hydrogen) atoms. The molecule has 9 heteroatoms. The van der Waals surface area contributed by atoms with Crippen LogP contribution in [0.1, 0.15) is 56.6 Å². The van der Waals surface area contributed by atoms with E-state index in [1.165, 1.54) is 18.5 Å². The van der Waals surface area contributed by atoms with Crippen molar-refractivity contribution in [3.05, 3.63) is 65.9 Å². The average molecular weight is 543 g/mol. The summed E-state index contributed by atoms with van der Waals surface area (Å²) in [5.74, 6) is 1.24. The number of ether oxygens (including phenoxy) is 1. The van der Waals surface area contributed by atoms with Gasteiger partial charge in [0.1, 0.15) is 18.7 Å². The van der Waals surface area contributed by atoms with Gasteiger partial charge in [-0.1, -0.05) is 6.08 Å². The van der Waals surface area contributed by atoms with Gasteiger partial charge in [-0.15, -0.1) is 0 Å². The van der Waals surface area contributed by atoms with Crippen molar-refractivity contribution in [1.29, 1.82) is 0 Å². The summed E-state index contributed by atoms with van der Waals surface area (Å²) in [5.41, 5.74) is 4.06. The summed E-state index contributed by atoms with van der Waals surface area (Å²) in [5, 5.41) is 4.17. The minimum absolute atomic E-state index is 0.0268. The number of fused-ring (bicyclic) bond motifs is 1. The molecule has 0 unspecified atom stereocenters. The van der Waals surface area contributed by atoms with Gasteiger partial charge in [-0.2, -0.15) is 0 Å². The number of benzene rings is 1. The minimum atomic E-state index is -0.0268. The molecule has 2 aromatic rings. The zero-order valence-corrected chi connectivity index (χ0v) is 23.1. The van der Waals surface area contributed by atoms with Crippen molar-refractivity contribution in [3.8, 4) is 5.75 Å². The number of likely N-dealkylation sites (tertiary alicyclic amines) is 3. The van der Waals surface area contributed by atoms with E-state index >= 15 is 0 Å². The topological polar surface area (TPSA) is 90.9 Å². The Morgan fingerprint density at radius 3 is 2.67 bits per heavy atom.